The zero-order chi connectivity index (χ0) is 15.1. The van der Waals surface area contributed by atoms with Gasteiger partial charge in [-0.2, -0.15) is 0 Å². The van der Waals surface area contributed by atoms with Crippen LogP contribution in [0.5, 0.6) is 0 Å². The number of halogens is 1. The number of benzene rings is 1. The Kier molecular flexibility index (Phi) is 5.96. The van der Waals surface area contributed by atoms with Crippen molar-refractivity contribution >= 4 is 17.7 Å². The van der Waals surface area contributed by atoms with Gasteiger partial charge in [-0.25, -0.2) is 9.18 Å². The summed E-state index contributed by atoms with van der Waals surface area (Å²) in [5, 5.41) is 5.12. The molecule has 1 aromatic rings. The third kappa shape index (κ3) is 4.87. The molecular weight excluding hydrogens is 263 g/mol. The quantitative estimate of drug-likeness (QED) is 0.872. The van der Waals surface area contributed by atoms with Crippen LogP contribution in [-0.4, -0.2) is 24.6 Å². The average Bonchev–Trinajstić information content (AvgIpc) is 2.38. The molecule has 0 spiro atoms. The molecule has 0 bridgehead atoms. The maximum absolute atomic E-state index is 12.8. The Morgan fingerprint density at radius 3 is 2.35 bits per heavy atom. The van der Waals surface area contributed by atoms with Crippen molar-refractivity contribution in [2.45, 2.75) is 26.8 Å². The Morgan fingerprint density at radius 2 is 1.85 bits per heavy atom. The number of ether oxygens (including phenoxy) is 1. The van der Waals surface area contributed by atoms with Gasteiger partial charge in [-0.1, -0.05) is 13.8 Å². The number of rotatable bonds is 5. The molecule has 0 aliphatic rings. The van der Waals surface area contributed by atoms with Crippen molar-refractivity contribution in [2.75, 3.05) is 11.9 Å². The first kappa shape index (κ1) is 15.9. The zero-order valence-electron chi connectivity index (χ0n) is 11.8. The van der Waals surface area contributed by atoms with Gasteiger partial charge in [0.2, 0.25) is 5.91 Å². The van der Waals surface area contributed by atoms with E-state index in [1.54, 1.807) is 20.8 Å². The summed E-state index contributed by atoms with van der Waals surface area (Å²) in [7, 11) is 0. The number of hydrogen-bond acceptors (Lipinski definition) is 3. The fraction of sp³-hybridized carbons (Fsp3) is 0.429. The molecule has 6 heteroatoms. The average molecular weight is 282 g/mol. The summed E-state index contributed by atoms with van der Waals surface area (Å²) in [6, 6.07) is 4.68. The molecular formula is C14H19FN2O3. The lowest BCUT2D eigenvalue weighted by atomic mass is 10.0. The minimum absolute atomic E-state index is 0.111. The Hall–Kier alpha value is -2.11. The van der Waals surface area contributed by atoms with Crippen LogP contribution >= 0.6 is 0 Å². The lowest BCUT2D eigenvalue weighted by Crippen LogP contribution is -2.47. The minimum atomic E-state index is -0.723. The number of amides is 2. The highest BCUT2D eigenvalue weighted by atomic mass is 19.1. The van der Waals surface area contributed by atoms with Crippen LogP contribution in [0.3, 0.4) is 0 Å². The molecule has 2 N–H and O–H groups in total. The lowest BCUT2D eigenvalue weighted by molar-refractivity contribution is -0.119. The van der Waals surface area contributed by atoms with E-state index in [-0.39, 0.29) is 24.2 Å². The van der Waals surface area contributed by atoms with Crippen molar-refractivity contribution in [1.29, 1.82) is 0 Å². The fourth-order valence-electron chi connectivity index (χ4n) is 1.59. The fourth-order valence-corrected chi connectivity index (χ4v) is 1.59. The Bertz CT molecular complexity index is 460. The first-order valence-electron chi connectivity index (χ1n) is 6.43. The first-order chi connectivity index (χ1) is 9.43. The molecule has 1 aromatic carbocycles. The summed E-state index contributed by atoms with van der Waals surface area (Å²) >= 11 is 0. The summed E-state index contributed by atoms with van der Waals surface area (Å²) in [5.41, 5.74) is 0.465. The molecule has 20 heavy (non-hydrogen) atoms. The Morgan fingerprint density at radius 1 is 1.25 bits per heavy atom. The van der Waals surface area contributed by atoms with Crippen LogP contribution < -0.4 is 10.6 Å². The van der Waals surface area contributed by atoms with E-state index in [1.165, 1.54) is 24.3 Å². The number of alkyl carbamates (subject to hydrolysis) is 1. The number of nitrogens with one attached hydrogen (secondary N) is 2. The van der Waals surface area contributed by atoms with E-state index in [1.807, 2.05) is 0 Å². The summed E-state index contributed by atoms with van der Waals surface area (Å²) < 4.78 is 17.5. The maximum Gasteiger partial charge on any atom is 0.407 e. The third-order valence-corrected chi connectivity index (χ3v) is 2.61. The van der Waals surface area contributed by atoms with Gasteiger partial charge in [-0.3, -0.25) is 4.79 Å². The predicted octanol–water partition coefficient (Wildman–Crippen LogP) is 2.53. The van der Waals surface area contributed by atoms with Crippen molar-refractivity contribution in [3.8, 4) is 0 Å². The van der Waals surface area contributed by atoms with Gasteiger partial charge in [0.25, 0.3) is 0 Å². The summed E-state index contributed by atoms with van der Waals surface area (Å²) in [6.07, 6.45) is -0.638. The predicted molar refractivity (Wildman–Crippen MR) is 73.8 cm³/mol. The molecule has 0 heterocycles. The number of anilines is 1. The Balaban J connectivity index is 2.69. The number of hydrogen-bond donors (Lipinski definition) is 2. The van der Waals surface area contributed by atoms with E-state index in [0.29, 0.717) is 5.69 Å². The Labute approximate surface area is 117 Å². The van der Waals surface area contributed by atoms with Crippen LogP contribution in [0, 0.1) is 11.7 Å². The smallest absolute Gasteiger partial charge is 0.407 e. The maximum atomic E-state index is 12.8. The topological polar surface area (TPSA) is 67.4 Å². The molecule has 2 amide bonds. The van der Waals surface area contributed by atoms with Crippen LogP contribution in [0.2, 0.25) is 0 Å². The first-order valence-corrected chi connectivity index (χ1v) is 6.43. The molecule has 110 valence electrons. The monoisotopic (exact) mass is 282 g/mol. The molecule has 5 nitrogen and oxygen atoms in total. The van der Waals surface area contributed by atoms with Gasteiger partial charge in [-0.15, -0.1) is 0 Å². The van der Waals surface area contributed by atoms with Crippen molar-refractivity contribution in [2.24, 2.45) is 5.92 Å². The van der Waals surface area contributed by atoms with Gasteiger partial charge in [-0.05, 0) is 37.1 Å². The number of carbonyl (C=O) groups excluding carboxylic acids is 2. The van der Waals surface area contributed by atoms with Crippen molar-refractivity contribution in [3.05, 3.63) is 30.1 Å². The molecule has 0 saturated heterocycles. The SMILES string of the molecule is CCOC(=O)N[C@@H](C(=O)Nc1ccc(F)cc1)C(C)C. The molecule has 0 radical (unpaired) electrons. The van der Waals surface area contributed by atoms with Crippen molar-refractivity contribution in [1.82, 2.24) is 5.32 Å². The number of carbonyl (C=O) groups is 2. The van der Waals surface area contributed by atoms with Crippen molar-refractivity contribution < 1.29 is 18.7 Å². The molecule has 0 unspecified atom stereocenters. The van der Waals surface area contributed by atoms with E-state index < -0.39 is 12.1 Å². The zero-order valence-corrected chi connectivity index (χ0v) is 11.8. The van der Waals surface area contributed by atoms with Gasteiger partial charge >= 0.3 is 6.09 Å². The normalized spacial score (nSPS) is 11.8. The highest BCUT2D eigenvalue weighted by Gasteiger charge is 2.24. The van der Waals surface area contributed by atoms with E-state index in [2.05, 4.69) is 10.6 Å². The van der Waals surface area contributed by atoms with Gasteiger partial charge in [0.05, 0.1) is 6.61 Å². The van der Waals surface area contributed by atoms with E-state index in [0.717, 1.165) is 0 Å². The highest BCUT2D eigenvalue weighted by Crippen LogP contribution is 2.11. The van der Waals surface area contributed by atoms with Gasteiger partial charge in [0, 0.05) is 5.69 Å². The van der Waals surface area contributed by atoms with Crippen LogP contribution in [0.15, 0.2) is 24.3 Å². The van der Waals surface area contributed by atoms with Crippen LogP contribution in [-0.2, 0) is 9.53 Å². The van der Waals surface area contributed by atoms with Crippen LogP contribution in [0.25, 0.3) is 0 Å². The highest BCUT2D eigenvalue weighted by molar-refractivity contribution is 5.96. The van der Waals surface area contributed by atoms with E-state index >= 15 is 0 Å². The summed E-state index contributed by atoms with van der Waals surface area (Å²) in [6.45, 7) is 5.53. The second-order valence-corrected chi connectivity index (χ2v) is 4.58. The molecule has 1 rings (SSSR count). The third-order valence-electron chi connectivity index (χ3n) is 2.61. The molecule has 0 saturated carbocycles. The van der Waals surface area contributed by atoms with Gasteiger partial charge < -0.3 is 15.4 Å². The van der Waals surface area contributed by atoms with E-state index in [4.69, 9.17) is 4.74 Å². The largest absolute Gasteiger partial charge is 0.450 e. The van der Waals surface area contributed by atoms with Crippen LogP contribution in [0.4, 0.5) is 14.9 Å². The van der Waals surface area contributed by atoms with Crippen LogP contribution in [0.1, 0.15) is 20.8 Å². The molecule has 0 aliphatic heterocycles. The van der Waals surface area contributed by atoms with Gasteiger partial charge in [0.1, 0.15) is 11.9 Å². The lowest BCUT2D eigenvalue weighted by Gasteiger charge is -2.21. The standard InChI is InChI=1S/C14H19FN2O3/c1-4-20-14(19)17-12(9(2)3)13(18)16-11-7-5-10(15)6-8-11/h5-9,12H,4H2,1-3H3,(H,16,18)(H,17,19)/t12-/m1/s1. The minimum Gasteiger partial charge on any atom is -0.450 e. The molecule has 0 aliphatic carbocycles. The molecule has 0 fully saturated rings. The summed E-state index contributed by atoms with van der Waals surface area (Å²) in [4.78, 5) is 23.5. The second kappa shape index (κ2) is 7.47. The van der Waals surface area contributed by atoms with Crippen molar-refractivity contribution in [3.63, 3.8) is 0 Å². The molecule has 0 aromatic heterocycles. The molecule has 1 atom stereocenters. The van der Waals surface area contributed by atoms with E-state index in [9.17, 15) is 14.0 Å². The summed E-state index contributed by atoms with van der Waals surface area (Å²) in [5.74, 6) is -0.868. The van der Waals surface area contributed by atoms with Gasteiger partial charge in [0.15, 0.2) is 0 Å². The second-order valence-electron chi connectivity index (χ2n) is 4.58.